The molecule has 0 unspecified atom stereocenters. The van der Waals surface area contributed by atoms with Crippen LogP contribution in [0.25, 0.3) is 6.08 Å². The Morgan fingerprint density at radius 2 is 2.00 bits per heavy atom. The van der Waals surface area contributed by atoms with E-state index in [2.05, 4.69) is 5.32 Å². The van der Waals surface area contributed by atoms with E-state index in [0.29, 0.717) is 4.99 Å². The number of rotatable bonds is 2. The highest BCUT2D eigenvalue weighted by atomic mass is 32.2. The lowest BCUT2D eigenvalue weighted by Crippen LogP contribution is -2.15. The van der Waals surface area contributed by atoms with Gasteiger partial charge in [-0.05, 0) is 23.4 Å². The largest absolute Gasteiger partial charge is 0.307 e. The molecule has 1 fully saturated rings. The maximum atomic E-state index is 11.0. The zero-order chi connectivity index (χ0) is 11.4. The number of hydrogen-bond acceptors (Lipinski definition) is 3. The van der Waals surface area contributed by atoms with Gasteiger partial charge in [-0.25, -0.2) is 0 Å². The van der Waals surface area contributed by atoms with E-state index >= 15 is 0 Å². The Morgan fingerprint density at radius 3 is 2.62 bits per heavy atom. The molecule has 0 saturated carbocycles. The van der Waals surface area contributed by atoms with Crippen LogP contribution in [0.15, 0.2) is 47.4 Å². The molecule has 4 heteroatoms. The van der Waals surface area contributed by atoms with E-state index in [0.717, 1.165) is 22.2 Å². The van der Waals surface area contributed by atoms with Crippen LogP contribution in [-0.2, 0) is 0 Å². The predicted octanol–water partition coefficient (Wildman–Crippen LogP) is 3.37. The zero-order valence-electron chi connectivity index (χ0n) is 8.34. The van der Waals surface area contributed by atoms with Crippen molar-refractivity contribution >= 4 is 40.3 Å². The van der Waals surface area contributed by atoms with Crippen LogP contribution in [0, 0.1) is 0 Å². The van der Waals surface area contributed by atoms with Crippen LogP contribution in [0.5, 0.6) is 0 Å². The predicted molar refractivity (Wildman–Crippen MR) is 72.3 cm³/mol. The van der Waals surface area contributed by atoms with Gasteiger partial charge in [-0.1, -0.05) is 54.7 Å². The molecule has 1 aromatic carbocycles. The highest BCUT2D eigenvalue weighted by Gasteiger charge is 2.20. The van der Waals surface area contributed by atoms with Gasteiger partial charge in [0.15, 0.2) is 0 Å². The van der Waals surface area contributed by atoms with Crippen molar-refractivity contribution in [3.8, 4) is 0 Å². The summed E-state index contributed by atoms with van der Waals surface area (Å²) in [4.78, 5) is 12.3. The summed E-state index contributed by atoms with van der Waals surface area (Å²) in [5, 5.41) is 2.46. The second-order valence-corrected chi connectivity index (χ2v) is 4.57. The molecule has 2 nitrogen and oxygen atoms in total. The molecule has 1 aliphatic rings. The molecule has 16 heavy (non-hydrogen) atoms. The topological polar surface area (TPSA) is 29.1 Å². The van der Waals surface area contributed by atoms with Crippen LogP contribution in [0.3, 0.4) is 0 Å². The van der Waals surface area contributed by atoms with Gasteiger partial charge in [0.1, 0.15) is 4.99 Å². The second kappa shape index (κ2) is 5.09. The molecule has 0 bridgehead atoms. The summed E-state index contributed by atoms with van der Waals surface area (Å²) in [6.07, 6.45) is 5.71. The van der Waals surface area contributed by atoms with E-state index in [1.807, 2.05) is 48.6 Å². The SMILES string of the molecule is O=C1NC(=S)/C(=C/C=C/c2ccccc2)S1. The van der Waals surface area contributed by atoms with E-state index in [9.17, 15) is 4.79 Å². The first-order valence-electron chi connectivity index (χ1n) is 4.72. The van der Waals surface area contributed by atoms with E-state index in [1.54, 1.807) is 0 Å². The molecular weight excluding hydrogens is 238 g/mol. The minimum Gasteiger partial charge on any atom is -0.307 e. The number of nitrogens with one attached hydrogen (secondary N) is 1. The van der Waals surface area contributed by atoms with Crippen LogP contribution >= 0.6 is 24.0 Å². The fourth-order valence-corrected chi connectivity index (χ4v) is 2.24. The lowest BCUT2D eigenvalue weighted by atomic mass is 10.2. The molecule has 0 spiro atoms. The summed E-state index contributed by atoms with van der Waals surface area (Å²) in [6, 6.07) is 9.96. The third kappa shape index (κ3) is 2.81. The molecule has 80 valence electrons. The first kappa shape index (κ1) is 11.1. The summed E-state index contributed by atoms with van der Waals surface area (Å²) in [5.74, 6) is 0. The summed E-state index contributed by atoms with van der Waals surface area (Å²) >= 11 is 6.12. The van der Waals surface area contributed by atoms with E-state index in [4.69, 9.17) is 12.2 Å². The van der Waals surface area contributed by atoms with Crippen LogP contribution in [0.1, 0.15) is 5.56 Å². The number of hydrogen-bond donors (Lipinski definition) is 1. The quantitative estimate of drug-likeness (QED) is 0.641. The molecule has 1 heterocycles. The summed E-state index contributed by atoms with van der Waals surface area (Å²) in [5.41, 5.74) is 1.12. The van der Waals surface area contributed by atoms with Crippen LogP contribution in [0.4, 0.5) is 4.79 Å². The Hall–Kier alpha value is -1.39. The van der Waals surface area contributed by atoms with Gasteiger partial charge in [0.25, 0.3) is 5.24 Å². The van der Waals surface area contributed by atoms with E-state index in [-0.39, 0.29) is 5.24 Å². The van der Waals surface area contributed by atoms with Gasteiger partial charge in [-0.3, -0.25) is 4.79 Å². The molecule has 1 aromatic rings. The molecule has 1 amide bonds. The van der Waals surface area contributed by atoms with Crippen molar-refractivity contribution in [2.45, 2.75) is 0 Å². The molecular formula is C12H9NOS2. The smallest absolute Gasteiger partial charge is 0.289 e. The van der Waals surface area contributed by atoms with Gasteiger partial charge < -0.3 is 5.32 Å². The highest BCUT2D eigenvalue weighted by Crippen LogP contribution is 2.24. The number of thioether (sulfide) groups is 1. The molecule has 0 aliphatic carbocycles. The summed E-state index contributed by atoms with van der Waals surface area (Å²) < 4.78 is 0. The molecule has 0 radical (unpaired) electrons. The summed E-state index contributed by atoms with van der Waals surface area (Å²) in [6.45, 7) is 0. The molecule has 2 rings (SSSR count). The lowest BCUT2D eigenvalue weighted by molar-refractivity contribution is 0.265. The fourth-order valence-electron chi connectivity index (χ4n) is 1.25. The van der Waals surface area contributed by atoms with Crippen molar-refractivity contribution in [3.05, 3.63) is 53.0 Å². The van der Waals surface area contributed by atoms with Crippen molar-refractivity contribution in [3.63, 3.8) is 0 Å². The van der Waals surface area contributed by atoms with Gasteiger partial charge in [-0.15, -0.1) is 0 Å². The highest BCUT2D eigenvalue weighted by molar-refractivity contribution is 8.19. The normalized spacial score (nSPS) is 18.4. The van der Waals surface area contributed by atoms with Gasteiger partial charge in [0, 0.05) is 0 Å². The third-order valence-electron chi connectivity index (χ3n) is 1.98. The van der Waals surface area contributed by atoms with Crippen molar-refractivity contribution in [1.82, 2.24) is 5.32 Å². The standard InChI is InChI=1S/C12H9NOS2/c14-12-13-11(15)10(16-12)8-4-7-9-5-2-1-3-6-9/h1-8H,(H,13,14,15)/b7-4+,10-8-. The van der Waals surface area contributed by atoms with Crippen molar-refractivity contribution in [2.24, 2.45) is 0 Å². The minimum atomic E-state index is -0.107. The Balaban J connectivity index is 2.07. The molecule has 0 atom stereocenters. The lowest BCUT2D eigenvalue weighted by Gasteiger charge is -1.91. The Labute approximate surface area is 103 Å². The number of amides is 1. The van der Waals surface area contributed by atoms with Gasteiger partial charge in [0.05, 0.1) is 4.91 Å². The maximum Gasteiger partial charge on any atom is 0.289 e. The maximum absolute atomic E-state index is 11.0. The van der Waals surface area contributed by atoms with Crippen molar-refractivity contribution in [1.29, 1.82) is 0 Å². The van der Waals surface area contributed by atoms with E-state index in [1.165, 1.54) is 0 Å². The number of carbonyl (C=O) groups excluding carboxylic acids is 1. The minimum absolute atomic E-state index is 0.107. The first-order valence-corrected chi connectivity index (χ1v) is 5.95. The Morgan fingerprint density at radius 1 is 1.25 bits per heavy atom. The molecule has 0 aromatic heterocycles. The molecule has 1 aliphatic heterocycles. The molecule has 1 saturated heterocycles. The van der Waals surface area contributed by atoms with Crippen LogP contribution in [0.2, 0.25) is 0 Å². The molecule has 1 N–H and O–H groups in total. The average molecular weight is 247 g/mol. The second-order valence-electron chi connectivity index (χ2n) is 3.14. The number of benzene rings is 1. The number of thiocarbonyl (C=S) groups is 1. The van der Waals surface area contributed by atoms with Crippen molar-refractivity contribution in [2.75, 3.05) is 0 Å². The average Bonchev–Trinajstić information content (AvgIpc) is 2.59. The Bertz CT molecular complexity index is 477. The summed E-state index contributed by atoms with van der Waals surface area (Å²) in [7, 11) is 0. The number of carbonyl (C=O) groups is 1. The van der Waals surface area contributed by atoms with Crippen LogP contribution in [-0.4, -0.2) is 10.2 Å². The first-order chi connectivity index (χ1) is 7.75. The Kier molecular flexibility index (Phi) is 3.54. The monoisotopic (exact) mass is 247 g/mol. The number of allylic oxidation sites excluding steroid dienone is 2. The van der Waals surface area contributed by atoms with E-state index < -0.39 is 0 Å². The van der Waals surface area contributed by atoms with Gasteiger partial charge in [-0.2, -0.15) is 0 Å². The fraction of sp³-hybridized carbons (Fsp3) is 0. The van der Waals surface area contributed by atoms with Gasteiger partial charge in [0.2, 0.25) is 0 Å². The zero-order valence-corrected chi connectivity index (χ0v) is 9.98. The van der Waals surface area contributed by atoms with Crippen LogP contribution < -0.4 is 5.32 Å². The van der Waals surface area contributed by atoms with Crippen molar-refractivity contribution < 1.29 is 4.79 Å². The third-order valence-corrected chi connectivity index (χ3v) is 3.28. The van der Waals surface area contributed by atoms with Gasteiger partial charge >= 0.3 is 0 Å².